The molecule has 0 aliphatic carbocycles. The van der Waals surface area contributed by atoms with Crippen molar-refractivity contribution in [2.75, 3.05) is 0 Å². The molecular weight excluding hydrogens is 256 g/mol. The number of carbonyl (C=O) groups is 1. The summed E-state index contributed by atoms with van der Waals surface area (Å²) in [6.07, 6.45) is 1.32. The average molecular weight is 276 g/mol. The molecule has 0 aromatic heterocycles. The zero-order valence-corrected chi connectivity index (χ0v) is 12.4. The van der Waals surface area contributed by atoms with Crippen molar-refractivity contribution in [3.8, 4) is 0 Å². The summed E-state index contributed by atoms with van der Waals surface area (Å²) in [5, 5.41) is 0. The van der Waals surface area contributed by atoms with Gasteiger partial charge in [0.05, 0.1) is 0 Å². The summed E-state index contributed by atoms with van der Waals surface area (Å²) in [7, 11) is 0. The zero-order chi connectivity index (χ0) is 15.3. The van der Waals surface area contributed by atoms with Gasteiger partial charge in [-0.1, -0.05) is 80.7 Å². The predicted octanol–water partition coefficient (Wildman–Crippen LogP) is 5.01. The highest BCUT2D eigenvalue weighted by molar-refractivity contribution is 5.86. The van der Waals surface area contributed by atoms with Crippen LogP contribution in [0.1, 0.15) is 24.5 Å². The van der Waals surface area contributed by atoms with Crippen molar-refractivity contribution < 1.29 is 4.79 Å². The van der Waals surface area contributed by atoms with Crippen molar-refractivity contribution in [3.05, 3.63) is 84.9 Å². The number of carbonyl (C=O) groups excluding carboxylic acids is 1. The Labute approximate surface area is 126 Å². The van der Waals surface area contributed by atoms with Gasteiger partial charge in [0.2, 0.25) is 0 Å². The molecule has 2 aromatic rings. The highest BCUT2D eigenvalue weighted by Crippen LogP contribution is 2.46. The highest BCUT2D eigenvalue weighted by atomic mass is 16.1. The van der Waals surface area contributed by atoms with Gasteiger partial charge in [0.25, 0.3) is 0 Å². The number of benzene rings is 2. The first-order valence-corrected chi connectivity index (χ1v) is 7.03. The normalized spacial score (nSPS) is 10.9. The number of hydrogen-bond acceptors (Lipinski definition) is 1. The molecule has 1 nitrogen and oxygen atoms in total. The van der Waals surface area contributed by atoms with Gasteiger partial charge >= 0.3 is 0 Å². The first-order chi connectivity index (χ1) is 10.1. The predicted molar refractivity (Wildman–Crippen MR) is 89.7 cm³/mol. The molecule has 0 fully saturated rings. The van der Waals surface area contributed by atoms with Crippen LogP contribution in [0.5, 0.6) is 0 Å². The lowest BCUT2D eigenvalue weighted by atomic mass is 9.70. The number of hydrogen-bond donors (Lipinski definition) is 0. The molecule has 106 valence electrons. The summed E-state index contributed by atoms with van der Waals surface area (Å²) >= 11 is 0. The van der Waals surface area contributed by atoms with Gasteiger partial charge in [-0.3, -0.25) is 0 Å². The number of aldehydes is 1. The van der Waals surface area contributed by atoms with Crippen LogP contribution in [-0.4, -0.2) is 6.29 Å². The third-order valence-corrected chi connectivity index (χ3v) is 4.07. The summed E-state index contributed by atoms with van der Waals surface area (Å²) in [5.41, 5.74) is 3.44. The Morgan fingerprint density at radius 3 is 1.62 bits per heavy atom. The Morgan fingerprint density at radius 2 is 1.29 bits per heavy atom. The van der Waals surface area contributed by atoms with Gasteiger partial charge in [0, 0.05) is 11.8 Å². The maximum Gasteiger partial charge on any atom is 0.121 e. The Balaban J connectivity index is 2.43. The van der Waals surface area contributed by atoms with Crippen LogP contribution >= 0.6 is 0 Å². The molecule has 0 heterocycles. The lowest BCUT2D eigenvalue weighted by Crippen LogP contribution is -2.20. The Bertz CT molecular complexity index is 587. The van der Waals surface area contributed by atoms with Crippen LogP contribution in [0.15, 0.2) is 73.8 Å². The van der Waals surface area contributed by atoms with E-state index in [9.17, 15) is 4.79 Å². The van der Waals surface area contributed by atoms with Crippen LogP contribution in [0, 0.1) is 5.41 Å². The van der Waals surface area contributed by atoms with Crippen molar-refractivity contribution in [1.29, 1.82) is 0 Å². The highest BCUT2D eigenvalue weighted by Gasteiger charge is 2.32. The van der Waals surface area contributed by atoms with E-state index < -0.39 is 5.41 Å². The largest absolute Gasteiger partial charge is 0.303 e. The van der Waals surface area contributed by atoms with E-state index in [-0.39, 0.29) is 0 Å². The molecule has 0 atom stereocenters. The molecule has 0 saturated carbocycles. The summed E-state index contributed by atoms with van der Waals surface area (Å²) in [6.45, 7) is 10.5. The lowest BCUT2D eigenvalue weighted by Gasteiger charge is -2.33. The van der Waals surface area contributed by atoms with E-state index in [0.717, 1.165) is 28.6 Å². The van der Waals surface area contributed by atoms with Gasteiger partial charge in [-0.2, -0.15) is 0 Å². The summed E-state index contributed by atoms with van der Waals surface area (Å²) < 4.78 is 0. The van der Waals surface area contributed by atoms with Crippen LogP contribution in [0.3, 0.4) is 0 Å². The second kappa shape index (κ2) is 6.36. The molecule has 0 radical (unpaired) electrons. The van der Waals surface area contributed by atoms with Gasteiger partial charge < -0.3 is 4.79 Å². The van der Waals surface area contributed by atoms with Gasteiger partial charge in [-0.25, -0.2) is 0 Å². The minimum atomic E-state index is -0.482. The number of allylic oxidation sites excluding steroid dienone is 2. The van der Waals surface area contributed by atoms with Crippen LogP contribution in [0.4, 0.5) is 0 Å². The van der Waals surface area contributed by atoms with Crippen LogP contribution in [0.25, 0.3) is 11.1 Å². The molecule has 0 N–H and O–H groups in total. The Hall–Kier alpha value is -2.41. The SMILES string of the molecule is C=C(c1ccccc1)C(C)(CC=O)C(=C)c1ccccc1. The summed E-state index contributed by atoms with van der Waals surface area (Å²) in [5.74, 6) is 0. The van der Waals surface area contributed by atoms with E-state index in [1.54, 1.807) is 0 Å². The second-order valence-electron chi connectivity index (χ2n) is 5.39. The van der Waals surface area contributed by atoms with Crippen molar-refractivity contribution >= 4 is 17.4 Å². The topological polar surface area (TPSA) is 17.1 Å². The van der Waals surface area contributed by atoms with Gasteiger partial charge in [0.1, 0.15) is 6.29 Å². The molecule has 2 rings (SSSR count). The van der Waals surface area contributed by atoms with Crippen molar-refractivity contribution in [2.45, 2.75) is 13.3 Å². The van der Waals surface area contributed by atoms with Crippen molar-refractivity contribution in [3.63, 3.8) is 0 Å². The lowest BCUT2D eigenvalue weighted by molar-refractivity contribution is -0.108. The third-order valence-electron chi connectivity index (χ3n) is 4.07. The molecule has 0 aliphatic rings. The van der Waals surface area contributed by atoms with E-state index in [2.05, 4.69) is 13.2 Å². The summed E-state index contributed by atoms with van der Waals surface area (Å²) in [6, 6.07) is 19.9. The average Bonchev–Trinajstić information content (AvgIpc) is 2.55. The van der Waals surface area contributed by atoms with E-state index >= 15 is 0 Å². The van der Waals surface area contributed by atoms with Gasteiger partial charge in [0.15, 0.2) is 0 Å². The van der Waals surface area contributed by atoms with E-state index in [1.165, 1.54) is 0 Å². The van der Waals surface area contributed by atoms with Crippen molar-refractivity contribution in [1.82, 2.24) is 0 Å². The van der Waals surface area contributed by atoms with Crippen LogP contribution in [0.2, 0.25) is 0 Å². The van der Waals surface area contributed by atoms with E-state index in [4.69, 9.17) is 0 Å². The fourth-order valence-corrected chi connectivity index (χ4v) is 2.51. The molecule has 0 spiro atoms. The Kier molecular flexibility index (Phi) is 4.54. The first-order valence-electron chi connectivity index (χ1n) is 7.03. The van der Waals surface area contributed by atoms with E-state index in [1.807, 2.05) is 67.6 Å². The molecule has 2 aromatic carbocycles. The molecule has 1 heteroatoms. The van der Waals surface area contributed by atoms with Crippen molar-refractivity contribution in [2.24, 2.45) is 5.41 Å². The minimum Gasteiger partial charge on any atom is -0.303 e. The molecular formula is C20H20O. The zero-order valence-electron chi connectivity index (χ0n) is 12.4. The third kappa shape index (κ3) is 3.03. The first kappa shape index (κ1) is 15.0. The smallest absolute Gasteiger partial charge is 0.121 e. The fraction of sp³-hybridized carbons (Fsp3) is 0.150. The quantitative estimate of drug-likeness (QED) is 0.678. The maximum atomic E-state index is 11.2. The van der Waals surface area contributed by atoms with Gasteiger partial charge in [-0.15, -0.1) is 0 Å². The Morgan fingerprint density at radius 1 is 0.905 bits per heavy atom. The molecule has 0 amide bonds. The fourth-order valence-electron chi connectivity index (χ4n) is 2.51. The molecule has 0 saturated heterocycles. The molecule has 21 heavy (non-hydrogen) atoms. The molecule has 0 bridgehead atoms. The van der Waals surface area contributed by atoms with Crippen LogP contribution < -0.4 is 0 Å². The molecule has 0 unspecified atom stereocenters. The molecule has 0 aliphatic heterocycles. The number of rotatable bonds is 6. The minimum absolute atomic E-state index is 0.369. The summed E-state index contributed by atoms with van der Waals surface area (Å²) in [4.78, 5) is 11.2. The monoisotopic (exact) mass is 276 g/mol. The standard InChI is InChI=1S/C20H20O/c1-16(18-10-6-4-7-11-18)20(3,14-15-21)17(2)19-12-8-5-9-13-19/h4-13,15H,1-2,14H2,3H3. The van der Waals surface area contributed by atoms with Gasteiger partial charge in [-0.05, 0) is 22.3 Å². The van der Waals surface area contributed by atoms with E-state index in [0.29, 0.717) is 6.42 Å². The maximum absolute atomic E-state index is 11.2. The second-order valence-corrected chi connectivity index (χ2v) is 5.39. The van der Waals surface area contributed by atoms with Crippen LogP contribution in [-0.2, 0) is 4.79 Å².